The molecule has 1 aromatic carbocycles. The van der Waals surface area contributed by atoms with Gasteiger partial charge in [0.1, 0.15) is 6.61 Å². The van der Waals surface area contributed by atoms with Crippen LogP contribution in [0.4, 0.5) is 4.79 Å². The van der Waals surface area contributed by atoms with Crippen LogP contribution in [0.2, 0.25) is 0 Å². The van der Waals surface area contributed by atoms with Crippen molar-refractivity contribution in [1.82, 2.24) is 4.90 Å². The van der Waals surface area contributed by atoms with E-state index in [4.69, 9.17) is 4.74 Å². The van der Waals surface area contributed by atoms with Crippen molar-refractivity contribution >= 4 is 12.0 Å². The van der Waals surface area contributed by atoms with Crippen molar-refractivity contribution in [2.75, 3.05) is 6.61 Å². The van der Waals surface area contributed by atoms with Crippen molar-refractivity contribution < 1.29 is 19.4 Å². The van der Waals surface area contributed by atoms with E-state index >= 15 is 0 Å². The molecule has 110 valence electrons. The predicted octanol–water partition coefficient (Wildman–Crippen LogP) is 1.51. The minimum atomic E-state index is -0.816. The number of aliphatic hydroxyl groups is 1. The molecule has 1 saturated heterocycles. The summed E-state index contributed by atoms with van der Waals surface area (Å²) < 4.78 is 5.03. The van der Waals surface area contributed by atoms with Crippen LogP contribution in [0.3, 0.4) is 0 Å². The van der Waals surface area contributed by atoms with Gasteiger partial charge < -0.3 is 9.84 Å². The first kappa shape index (κ1) is 13.8. The SMILES string of the molecule is O=C1OC[C@@H](Cc2ccccc2)N1C(=O)[C@H]1CC=C[C@@H]1O. The molecule has 2 amide bonds. The third-order valence-corrected chi connectivity index (χ3v) is 3.97. The van der Waals surface area contributed by atoms with Crippen LogP contribution in [-0.4, -0.2) is 40.8 Å². The molecule has 21 heavy (non-hydrogen) atoms. The number of allylic oxidation sites excluding steroid dienone is 1. The van der Waals surface area contributed by atoms with Crippen LogP contribution in [0.1, 0.15) is 12.0 Å². The number of cyclic esters (lactones) is 1. The van der Waals surface area contributed by atoms with E-state index in [2.05, 4.69) is 0 Å². The zero-order valence-corrected chi connectivity index (χ0v) is 11.5. The van der Waals surface area contributed by atoms with Crippen LogP contribution in [0.5, 0.6) is 0 Å². The summed E-state index contributed by atoms with van der Waals surface area (Å²) >= 11 is 0. The maximum Gasteiger partial charge on any atom is 0.416 e. The summed E-state index contributed by atoms with van der Waals surface area (Å²) in [5.74, 6) is -0.926. The molecular formula is C16H17NO4. The standard InChI is InChI=1S/C16H17NO4/c18-14-8-4-7-13(14)15(19)17-12(10-21-16(17)20)9-11-5-2-1-3-6-11/h1-6,8,12-14,18H,7,9-10H2/t12-,13+,14+/m1/s1. The molecule has 0 radical (unpaired) electrons. The maximum atomic E-state index is 12.5. The Hall–Kier alpha value is -2.14. The first-order chi connectivity index (χ1) is 10.2. The van der Waals surface area contributed by atoms with Gasteiger partial charge in [0.2, 0.25) is 5.91 Å². The molecular weight excluding hydrogens is 270 g/mol. The highest BCUT2D eigenvalue weighted by Crippen LogP contribution is 2.26. The lowest BCUT2D eigenvalue weighted by Gasteiger charge is -2.24. The Balaban J connectivity index is 1.75. The zero-order valence-electron chi connectivity index (χ0n) is 11.5. The molecule has 5 heteroatoms. The number of hydrogen-bond donors (Lipinski definition) is 1. The third-order valence-electron chi connectivity index (χ3n) is 3.97. The molecule has 0 saturated carbocycles. The fourth-order valence-electron chi connectivity index (χ4n) is 2.83. The van der Waals surface area contributed by atoms with Gasteiger partial charge in [-0.3, -0.25) is 4.79 Å². The maximum absolute atomic E-state index is 12.5. The average molecular weight is 287 g/mol. The number of benzene rings is 1. The smallest absolute Gasteiger partial charge is 0.416 e. The molecule has 1 aliphatic carbocycles. The van der Waals surface area contributed by atoms with Crippen LogP contribution < -0.4 is 0 Å². The average Bonchev–Trinajstić information content (AvgIpc) is 3.06. The molecule has 1 heterocycles. The molecule has 1 aliphatic heterocycles. The van der Waals surface area contributed by atoms with Gasteiger partial charge in [-0.25, -0.2) is 9.69 Å². The first-order valence-corrected chi connectivity index (χ1v) is 7.05. The second-order valence-corrected chi connectivity index (χ2v) is 5.39. The van der Waals surface area contributed by atoms with Crippen molar-refractivity contribution in [3.05, 3.63) is 48.0 Å². The molecule has 0 spiro atoms. The van der Waals surface area contributed by atoms with Gasteiger partial charge in [-0.05, 0) is 18.4 Å². The zero-order chi connectivity index (χ0) is 14.8. The van der Waals surface area contributed by atoms with Gasteiger partial charge in [0, 0.05) is 0 Å². The minimum Gasteiger partial charge on any atom is -0.447 e. The van der Waals surface area contributed by atoms with E-state index in [1.807, 2.05) is 30.3 Å². The van der Waals surface area contributed by atoms with Gasteiger partial charge in [0.15, 0.2) is 0 Å². The van der Waals surface area contributed by atoms with Gasteiger partial charge >= 0.3 is 6.09 Å². The van der Waals surface area contributed by atoms with Crippen LogP contribution >= 0.6 is 0 Å². The number of nitrogens with zero attached hydrogens (tertiary/aromatic N) is 1. The second kappa shape index (κ2) is 5.69. The highest BCUT2D eigenvalue weighted by molar-refractivity contribution is 5.95. The molecule has 0 aromatic heterocycles. The van der Waals surface area contributed by atoms with Gasteiger partial charge in [-0.15, -0.1) is 0 Å². The summed E-state index contributed by atoms with van der Waals surface area (Å²) in [5.41, 5.74) is 1.05. The number of imide groups is 1. The summed E-state index contributed by atoms with van der Waals surface area (Å²) in [6, 6.07) is 9.37. The fourth-order valence-corrected chi connectivity index (χ4v) is 2.83. The van der Waals surface area contributed by atoms with Gasteiger partial charge in [0.05, 0.1) is 18.1 Å². The predicted molar refractivity (Wildman–Crippen MR) is 75.4 cm³/mol. The lowest BCUT2D eigenvalue weighted by molar-refractivity contribution is -0.135. The van der Waals surface area contributed by atoms with Gasteiger partial charge in [-0.1, -0.05) is 42.5 Å². The second-order valence-electron chi connectivity index (χ2n) is 5.39. The monoisotopic (exact) mass is 287 g/mol. The summed E-state index contributed by atoms with van der Waals surface area (Å²) in [5, 5.41) is 9.80. The molecule has 5 nitrogen and oxygen atoms in total. The number of carbonyl (C=O) groups excluding carboxylic acids is 2. The van der Waals surface area contributed by atoms with Crippen LogP contribution in [0.25, 0.3) is 0 Å². The van der Waals surface area contributed by atoms with E-state index in [1.165, 1.54) is 4.90 Å². The Morgan fingerprint density at radius 1 is 1.33 bits per heavy atom. The number of hydrogen-bond acceptors (Lipinski definition) is 4. The van der Waals surface area contributed by atoms with Crippen molar-refractivity contribution in [2.24, 2.45) is 5.92 Å². The Morgan fingerprint density at radius 3 is 2.76 bits per heavy atom. The summed E-state index contributed by atoms with van der Waals surface area (Å²) in [6.07, 6.45) is 2.95. The van der Waals surface area contributed by atoms with Crippen molar-refractivity contribution in [2.45, 2.75) is 25.0 Å². The van der Waals surface area contributed by atoms with Gasteiger partial charge in [0.25, 0.3) is 0 Å². The molecule has 0 bridgehead atoms. The Kier molecular flexibility index (Phi) is 3.75. The minimum absolute atomic E-state index is 0.204. The lowest BCUT2D eigenvalue weighted by Crippen LogP contribution is -2.45. The van der Waals surface area contributed by atoms with E-state index in [0.29, 0.717) is 12.8 Å². The number of carbonyl (C=O) groups is 2. The molecule has 1 fully saturated rings. The number of amides is 2. The Bertz CT molecular complexity index is 569. The molecule has 0 unspecified atom stereocenters. The van der Waals surface area contributed by atoms with E-state index < -0.39 is 18.1 Å². The van der Waals surface area contributed by atoms with E-state index in [-0.39, 0.29) is 18.6 Å². The highest BCUT2D eigenvalue weighted by atomic mass is 16.6. The van der Waals surface area contributed by atoms with Gasteiger partial charge in [-0.2, -0.15) is 0 Å². The fraction of sp³-hybridized carbons (Fsp3) is 0.375. The first-order valence-electron chi connectivity index (χ1n) is 7.05. The molecule has 1 aromatic rings. The van der Waals surface area contributed by atoms with E-state index in [0.717, 1.165) is 5.56 Å². The number of ether oxygens (including phenoxy) is 1. The Labute approximate surface area is 122 Å². The summed E-state index contributed by atoms with van der Waals surface area (Å²) in [6.45, 7) is 0.204. The molecule has 2 aliphatic rings. The third kappa shape index (κ3) is 2.69. The molecule has 3 rings (SSSR count). The number of aliphatic hydroxyl groups excluding tert-OH is 1. The van der Waals surface area contributed by atoms with E-state index in [1.54, 1.807) is 12.2 Å². The van der Waals surface area contributed by atoms with Crippen LogP contribution in [0, 0.1) is 5.92 Å². The van der Waals surface area contributed by atoms with Crippen molar-refractivity contribution in [1.29, 1.82) is 0 Å². The van der Waals surface area contributed by atoms with E-state index in [9.17, 15) is 14.7 Å². The van der Waals surface area contributed by atoms with Crippen molar-refractivity contribution in [3.63, 3.8) is 0 Å². The lowest BCUT2D eigenvalue weighted by atomic mass is 10.0. The van der Waals surface area contributed by atoms with Crippen LogP contribution in [0.15, 0.2) is 42.5 Å². The topological polar surface area (TPSA) is 66.8 Å². The number of rotatable bonds is 3. The molecule has 1 N–H and O–H groups in total. The largest absolute Gasteiger partial charge is 0.447 e. The normalized spacial score (nSPS) is 28.0. The summed E-state index contributed by atoms with van der Waals surface area (Å²) in [7, 11) is 0. The Morgan fingerprint density at radius 2 is 2.10 bits per heavy atom. The van der Waals surface area contributed by atoms with Crippen LogP contribution in [-0.2, 0) is 16.0 Å². The quantitative estimate of drug-likeness (QED) is 0.856. The molecule has 3 atom stereocenters. The highest BCUT2D eigenvalue weighted by Gasteiger charge is 2.42. The summed E-state index contributed by atoms with van der Waals surface area (Å²) in [4.78, 5) is 25.5. The van der Waals surface area contributed by atoms with Crippen molar-refractivity contribution in [3.8, 4) is 0 Å².